The second-order valence-corrected chi connectivity index (χ2v) is 4.45. The average molecular weight is 230 g/mol. The summed E-state index contributed by atoms with van der Waals surface area (Å²) in [4.78, 5) is 11.6. The molecule has 1 aliphatic rings. The Labute approximate surface area is 102 Å². The molecule has 0 saturated heterocycles. The van der Waals surface area contributed by atoms with E-state index >= 15 is 0 Å². The third kappa shape index (κ3) is 3.94. The molecule has 1 fully saturated rings. The van der Waals surface area contributed by atoms with E-state index in [1.54, 1.807) is 6.20 Å². The first-order valence-corrected chi connectivity index (χ1v) is 6.04. The van der Waals surface area contributed by atoms with Gasteiger partial charge in [0.25, 0.3) is 0 Å². The minimum Gasteiger partial charge on any atom is -0.331 e. The fourth-order valence-electron chi connectivity index (χ4n) is 1.61. The topological polar surface area (TPSA) is 41.1 Å². The quantitative estimate of drug-likeness (QED) is 0.820. The monoisotopic (exact) mass is 230 g/mol. The predicted octanol–water partition coefficient (Wildman–Crippen LogP) is 2.97. The largest absolute Gasteiger partial charge is 0.331 e. The van der Waals surface area contributed by atoms with Gasteiger partial charge in [0.15, 0.2) is 0 Å². The molecule has 1 saturated carbocycles. The number of allylic oxidation sites excluding steroid dienone is 1. The zero-order valence-electron chi connectivity index (χ0n) is 10.0. The molecule has 0 bridgehead atoms. The minimum atomic E-state index is -0.154. The second kappa shape index (κ2) is 5.53. The van der Waals surface area contributed by atoms with Crippen molar-refractivity contribution in [1.29, 1.82) is 0 Å². The van der Waals surface area contributed by atoms with Crippen molar-refractivity contribution in [2.45, 2.75) is 25.8 Å². The third-order valence-corrected chi connectivity index (χ3v) is 2.85. The number of urea groups is 1. The molecule has 0 aliphatic heterocycles. The number of amides is 2. The van der Waals surface area contributed by atoms with Crippen molar-refractivity contribution in [3.8, 4) is 0 Å². The molecule has 0 spiro atoms. The molecule has 90 valence electrons. The molecule has 0 aromatic heterocycles. The van der Waals surface area contributed by atoms with Crippen LogP contribution in [0.1, 0.15) is 31.4 Å². The van der Waals surface area contributed by atoms with Gasteiger partial charge in [-0.05, 0) is 31.2 Å². The molecule has 2 rings (SSSR count). The van der Waals surface area contributed by atoms with Gasteiger partial charge in [-0.1, -0.05) is 36.4 Å². The molecular formula is C14H18N2O. The standard InChI is InChI=1S/C14H18N2O/c1-11(13-5-3-2-4-6-13)16-14(17)15-10-9-12-7-8-12/h2-6,9-12H,7-8H2,1H3,(H2,15,16,17)/b10-9+. The highest BCUT2D eigenvalue weighted by molar-refractivity contribution is 5.75. The number of hydrogen-bond donors (Lipinski definition) is 2. The van der Waals surface area contributed by atoms with E-state index in [-0.39, 0.29) is 12.1 Å². The minimum absolute atomic E-state index is 0.0190. The number of rotatable bonds is 4. The number of carbonyl (C=O) groups is 1. The van der Waals surface area contributed by atoms with Crippen LogP contribution in [0.4, 0.5) is 4.79 Å². The van der Waals surface area contributed by atoms with E-state index in [9.17, 15) is 4.79 Å². The molecule has 1 aromatic rings. The Bertz CT molecular complexity index is 396. The smallest absolute Gasteiger partial charge is 0.319 e. The van der Waals surface area contributed by atoms with Gasteiger partial charge in [0.05, 0.1) is 6.04 Å². The molecular weight excluding hydrogens is 212 g/mol. The Morgan fingerprint density at radius 1 is 1.35 bits per heavy atom. The third-order valence-electron chi connectivity index (χ3n) is 2.85. The molecule has 3 heteroatoms. The summed E-state index contributed by atoms with van der Waals surface area (Å²) in [6, 6.07) is 9.78. The van der Waals surface area contributed by atoms with Gasteiger partial charge in [-0.25, -0.2) is 4.79 Å². The number of nitrogens with one attached hydrogen (secondary N) is 2. The summed E-state index contributed by atoms with van der Waals surface area (Å²) in [6.45, 7) is 1.97. The zero-order chi connectivity index (χ0) is 12.1. The van der Waals surface area contributed by atoms with E-state index in [2.05, 4.69) is 10.6 Å². The van der Waals surface area contributed by atoms with E-state index in [0.29, 0.717) is 5.92 Å². The summed E-state index contributed by atoms with van der Waals surface area (Å²) in [7, 11) is 0. The molecule has 2 amide bonds. The van der Waals surface area contributed by atoms with Crippen LogP contribution in [0.2, 0.25) is 0 Å². The first-order chi connectivity index (χ1) is 8.25. The van der Waals surface area contributed by atoms with Crippen LogP contribution in [0.15, 0.2) is 42.6 Å². The second-order valence-electron chi connectivity index (χ2n) is 4.45. The molecule has 0 heterocycles. The summed E-state index contributed by atoms with van der Waals surface area (Å²) in [5.74, 6) is 0.682. The summed E-state index contributed by atoms with van der Waals surface area (Å²) in [6.07, 6.45) is 6.29. The normalized spacial score (nSPS) is 16.8. The van der Waals surface area contributed by atoms with Gasteiger partial charge < -0.3 is 10.6 Å². The maximum Gasteiger partial charge on any atom is 0.319 e. The van der Waals surface area contributed by atoms with Crippen LogP contribution < -0.4 is 10.6 Å². The van der Waals surface area contributed by atoms with Crippen LogP contribution in [-0.2, 0) is 0 Å². The van der Waals surface area contributed by atoms with E-state index in [0.717, 1.165) is 5.56 Å². The Morgan fingerprint density at radius 3 is 2.71 bits per heavy atom. The van der Waals surface area contributed by atoms with Crippen molar-refractivity contribution in [3.05, 3.63) is 48.2 Å². The lowest BCUT2D eigenvalue weighted by Crippen LogP contribution is -2.34. The number of benzene rings is 1. The van der Waals surface area contributed by atoms with E-state index in [1.807, 2.05) is 43.3 Å². The van der Waals surface area contributed by atoms with Crippen molar-refractivity contribution in [2.24, 2.45) is 5.92 Å². The lowest BCUT2D eigenvalue weighted by molar-refractivity contribution is 0.241. The van der Waals surface area contributed by atoms with Gasteiger partial charge in [0.1, 0.15) is 0 Å². The average Bonchev–Trinajstić information content (AvgIpc) is 3.14. The van der Waals surface area contributed by atoms with E-state index in [4.69, 9.17) is 0 Å². The van der Waals surface area contributed by atoms with Crippen LogP contribution in [0.3, 0.4) is 0 Å². The molecule has 1 atom stereocenters. The number of carbonyl (C=O) groups excluding carboxylic acids is 1. The van der Waals surface area contributed by atoms with Crippen molar-refractivity contribution in [3.63, 3.8) is 0 Å². The molecule has 1 aliphatic carbocycles. The van der Waals surface area contributed by atoms with Crippen molar-refractivity contribution in [2.75, 3.05) is 0 Å². The number of hydrogen-bond acceptors (Lipinski definition) is 1. The summed E-state index contributed by atoms with van der Waals surface area (Å²) in [5, 5.41) is 5.61. The molecule has 17 heavy (non-hydrogen) atoms. The first kappa shape index (κ1) is 11.7. The maximum absolute atomic E-state index is 11.6. The molecule has 2 N–H and O–H groups in total. The fourth-order valence-corrected chi connectivity index (χ4v) is 1.61. The lowest BCUT2D eigenvalue weighted by Gasteiger charge is -2.13. The van der Waals surface area contributed by atoms with Gasteiger partial charge in [0, 0.05) is 6.20 Å². The summed E-state index contributed by atoms with van der Waals surface area (Å²) in [5.41, 5.74) is 1.11. The highest BCUT2D eigenvalue weighted by Gasteiger charge is 2.17. The van der Waals surface area contributed by atoms with Crippen LogP contribution in [0.5, 0.6) is 0 Å². The van der Waals surface area contributed by atoms with Gasteiger partial charge in [-0.3, -0.25) is 0 Å². The lowest BCUT2D eigenvalue weighted by atomic mass is 10.1. The first-order valence-electron chi connectivity index (χ1n) is 6.04. The molecule has 0 radical (unpaired) electrons. The summed E-state index contributed by atoms with van der Waals surface area (Å²) >= 11 is 0. The van der Waals surface area contributed by atoms with Crippen LogP contribution >= 0.6 is 0 Å². The predicted molar refractivity (Wildman–Crippen MR) is 68.4 cm³/mol. The van der Waals surface area contributed by atoms with Crippen LogP contribution in [0, 0.1) is 5.92 Å². The van der Waals surface area contributed by atoms with E-state index < -0.39 is 0 Å². The Morgan fingerprint density at radius 2 is 2.06 bits per heavy atom. The van der Waals surface area contributed by atoms with Gasteiger partial charge in [0.2, 0.25) is 0 Å². The van der Waals surface area contributed by atoms with Gasteiger partial charge >= 0.3 is 6.03 Å². The van der Waals surface area contributed by atoms with Crippen molar-refractivity contribution >= 4 is 6.03 Å². The Balaban J connectivity index is 1.77. The van der Waals surface area contributed by atoms with Crippen LogP contribution in [-0.4, -0.2) is 6.03 Å². The molecule has 1 aromatic carbocycles. The Hall–Kier alpha value is -1.77. The van der Waals surface area contributed by atoms with Crippen molar-refractivity contribution in [1.82, 2.24) is 10.6 Å². The van der Waals surface area contributed by atoms with E-state index in [1.165, 1.54) is 12.8 Å². The SMILES string of the molecule is CC(NC(=O)N/C=C/C1CC1)c1ccccc1. The molecule has 1 unspecified atom stereocenters. The Kier molecular flexibility index (Phi) is 3.81. The highest BCUT2D eigenvalue weighted by Crippen LogP contribution is 2.29. The molecule has 3 nitrogen and oxygen atoms in total. The zero-order valence-corrected chi connectivity index (χ0v) is 10.0. The fraction of sp³-hybridized carbons (Fsp3) is 0.357. The van der Waals surface area contributed by atoms with Gasteiger partial charge in [-0.2, -0.15) is 0 Å². The summed E-state index contributed by atoms with van der Waals surface area (Å²) < 4.78 is 0. The highest BCUT2D eigenvalue weighted by atomic mass is 16.2. The van der Waals surface area contributed by atoms with Crippen molar-refractivity contribution < 1.29 is 4.79 Å². The maximum atomic E-state index is 11.6. The van der Waals surface area contributed by atoms with Gasteiger partial charge in [-0.15, -0.1) is 0 Å². The van der Waals surface area contributed by atoms with Crippen LogP contribution in [0.25, 0.3) is 0 Å².